The van der Waals surface area contributed by atoms with Crippen LogP contribution in [0.2, 0.25) is 0 Å². The van der Waals surface area contributed by atoms with Crippen molar-refractivity contribution in [3.05, 3.63) is 0 Å². The molecule has 0 spiro atoms. The second-order valence-electron chi connectivity index (χ2n) is 3.74. The van der Waals surface area contributed by atoms with E-state index in [0.29, 0.717) is 0 Å². The lowest BCUT2D eigenvalue weighted by atomic mass is 9.77. The number of rotatable bonds is 2. The Hall–Kier alpha value is -0.570. The van der Waals surface area contributed by atoms with Crippen LogP contribution < -0.4 is 5.73 Å². The highest BCUT2D eigenvalue weighted by molar-refractivity contribution is 5.70. The normalized spacial score (nSPS) is 32.8. The number of hydrogen-bond donors (Lipinski definition) is 2. The third-order valence-corrected chi connectivity index (χ3v) is 2.91. The van der Waals surface area contributed by atoms with Crippen molar-refractivity contribution in [3.8, 4) is 0 Å². The predicted octanol–water partition coefficient (Wildman–Crippen LogP) is 1.22. The van der Waals surface area contributed by atoms with Crippen molar-refractivity contribution in [3.63, 3.8) is 0 Å². The summed E-state index contributed by atoms with van der Waals surface area (Å²) < 4.78 is 0. The van der Waals surface area contributed by atoms with Crippen LogP contribution in [0.1, 0.15) is 32.6 Å². The number of aliphatic carboxylic acids is 1. The molecule has 3 nitrogen and oxygen atoms in total. The molecule has 0 aromatic carbocycles. The lowest BCUT2D eigenvalue weighted by molar-refractivity contribution is -0.143. The van der Waals surface area contributed by atoms with Crippen molar-refractivity contribution in [2.45, 2.75) is 38.6 Å². The maximum absolute atomic E-state index is 10.7. The first-order valence-electron chi connectivity index (χ1n) is 4.61. The van der Waals surface area contributed by atoms with Crippen molar-refractivity contribution < 1.29 is 9.90 Å². The van der Waals surface area contributed by atoms with Gasteiger partial charge in [-0.1, -0.05) is 19.8 Å². The molecule has 3 heteroatoms. The minimum atomic E-state index is -0.711. The molecule has 70 valence electrons. The van der Waals surface area contributed by atoms with E-state index in [4.69, 9.17) is 10.8 Å². The highest BCUT2D eigenvalue weighted by Crippen LogP contribution is 2.29. The summed E-state index contributed by atoms with van der Waals surface area (Å²) in [4.78, 5) is 10.7. The summed E-state index contributed by atoms with van der Waals surface area (Å²) in [5.74, 6) is -0.797. The smallest absolute Gasteiger partial charge is 0.306 e. The molecule has 1 fully saturated rings. The highest BCUT2D eigenvalue weighted by atomic mass is 16.4. The largest absolute Gasteiger partial charge is 0.481 e. The molecule has 0 saturated heterocycles. The Kier molecular flexibility index (Phi) is 3.09. The molecule has 1 saturated carbocycles. The summed E-state index contributed by atoms with van der Waals surface area (Å²) in [7, 11) is 0. The summed E-state index contributed by atoms with van der Waals surface area (Å²) in [5.41, 5.74) is 5.85. The molecule has 1 rings (SSSR count). The van der Waals surface area contributed by atoms with Gasteiger partial charge in [-0.3, -0.25) is 4.79 Å². The van der Waals surface area contributed by atoms with Crippen LogP contribution in [0.5, 0.6) is 0 Å². The lowest BCUT2D eigenvalue weighted by Gasteiger charge is -2.31. The lowest BCUT2D eigenvalue weighted by Crippen LogP contribution is -2.39. The van der Waals surface area contributed by atoms with Gasteiger partial charge in [0.25, 0.3) is 0 Å². The van der Waals surface area contributed by atoms with Gasteiger partial charge in [-0.2, -0.15) is 0 Å². The Morgan fingerprint density at radius 1 is 1.50 bits per heavy atom. The van der Waals surface area contributed by atoms with E-state index in [9.17, 15) is 4.79 Å². The fraction of sp³-hybridized carbons (Fsp3) is 0.889. The van der Waals surface area contributed by atoms with Crippen molar-refractivity contribution in [1.29, 1.82) is 0 Å². The van der Waals surface area contributed by atoms with E-state index in [1.807, 2.05) is 0 Å². The summed E-state index contributed by atoms with van der Waals surface area (Å²) in [6.45, 7) is 1.76. The molecule has 3 unspecified atom stereocenters. The SMILES string of the molecule is CC(C(=O)O)C1CCCCC1N. The molecule has 3 atom stereocenters. The van der Waals surface area contributed by atoms with Gasteiger partial charge in [0.1, 0.15) is 0 Å². The highest BCUT2D eigenvalue weighted by Gasteiger charge is 2.30. The molecular formula is C9H17NO2. The van der Waals surface area contributed by atoms with Crippen LogP contribution in [-0.4, -0.2) is 17.1 Å². The maximum Gasteiger partial charge on any atom is 0.306 e. The van der Waals surface area contributed by atoms with E-state index < -0.39 is 5.97 Å². The van der Waals surface area contributed by atoms with E-state index in [1.165, 1.54) is 0 Å². The number of carbonyl (C=O) groups is 1. The predicted molar refractivity (Wildman–Crippen MR) is 46.7 cm³/mol. The van der Waals surface area contributed by atoms with Gasteiger partial charge < -0.3 is 10.8 Å². The fourth-order valence-electron chi connectivity index (χ4n) is 1.99. The van der Waals surface area contributed by atoms with Crippen LogP contribution in [-0.2, 0) is 4.79 Å². The van der Waals surface area contributed by atoms with Gasteiger partial charge in [-0.05, 0) is 18.8 Å². The van der Waals surface area contributed by atoms with E-state index >= 15 is 0 Å². The molecular weight excluding hydrogens is 154 g/mol. The van der Waals surface area contributed by atoms with Crippen molar-refractivity contribution in [1.82, 2.24) is 0 Å². The Morgan fingerprint density at radius 2 is 2.08 bits per heavy atom. The van der Waals surface area contributed by atoms with Gasteiger partial charge >= 0.3 is 5.97 Å². The van der Waals surface area contributed by atoms with E-state index in [2.05, 4.69) is 0 Å². The van der Waals surface area contributed by atoms with E-state index in [0.717, 1.165) is 25.7 Å². The molecule has 0 amide bonds. The number of hydrogen-bond acceptors (Lipinski definition) is 2. The second-order valence-corrected chi connectivity index (χ2v) is 3.74. The van der Waals surface area contributed by atoms with Gasteiger partial charge in [0, 0.05) is 6.04 Å². The summed E-state index contributed by atoms with van der Waals surface area (Å²) in [6.07, 6.45) is 4.26. The number of carboxylic acid groups (broad SMARTS) is 1. The number of nitrogens with two attached hydrogens (primary N) is 1. The molecule has 1 aliphatic rings. The van der Waals surface area contributed by atoms with E-state index in [1.54, 1.807) is 6.92 Å². The summed E-state index contributed by atoms with van der Waals surface area (Å²) >= 11 is 0. The van der Waals surface area contributed by atoms with Gasteiger partial charge in [0.15, 0.2) is 0 Å². The zero-order valence-corrected chi connectivity index (χ0v) is 7.49. The van der Waals surface area contributed by atoms with Crippen molar-refractivity contribution in [2.75, 3.05) is 0 Å². The fourth-order valence-corrected chi connectivity index (χ4v) is 1.99. The minimum absolute atomic E-state index is 0.102. The third-order valence-electron chi connectivity index (χ3n) is 2.91. The van der Waals surface area contributed by atoms with E-state index in [-0.39, 0.29) is 17.9 Å². The van der Waals surface area contributed by atoms with Crippen LogP contribution in [0.4, 0.5) is 0 Å². The topological polar surface area (TPSA) is 63.3 Å². The molecule has 0 bridgehead atoms. The Bertz CT molecular complexity index is 170. The third kappa shape index (κ3) is 1.97. The zero-order chi connectivity index (χ0) is 9.14. The van der Waals surface area contributed by atoms with Crippen LogP contribution in [0.15, 0.2) is 0 Å². The zero-order valence-electron chi connectivity index (χ0n) is 7.49. The second kappa shape index (κ2) is 3.90. The first-order chi connectivity index (χ1) is 5.63. The molecule has 0 aromatic heterocycles. The Labute approximate surface area is 72.9 Å². The maximum atomic E-state index is 10.7. The first kappa shape index (κ1) is 9.52. The van der Waals surface area contributed by atoms with Crippen LogP contribution in [0.3, 0.4) is 0 Å². The summed E-state index contributed by atoms with van der Waals surface area (Å²) in [6, 6.07) is 0.102. The van der Waals surface area contributed by atoms with Crippen molar-refractivity contribution >= 4 is 5.97 Å². The molecule has 0 heterocycles. The average Bonchev–Trinajstić information content (AvgIpc) is 2.04. The molecule has 3 N–H and O–H groups in total. The molecule has 12 heavy (non-hydrogen) atoms. The molecule has 0 aromatic rings. The number of carboxylic acids is 1. The molecule has 1 aliphatic carbocycles. The Balaban J connectivity index is 2.53. The molecule has 0 aliphatic heterocycles. The minimum Gasteiger partial charge on any atom is -0.481 e. The van der Waals surface area contributed by atoms with Gasteiger partial charge in [0.05, 0.1) is 5.92 Å². The monoisotopic (exact) mass is 171 g/mol. The quantitative estimate of drug-likeness (QED) is 0.656. The summed E-state index contributed by atoms with van der Waals surface area (Å²) in [5, 5.41) is 8.80. The van der Waals surface area contributed by atoms with Gasteiger partial charge in [-0.15, -0.1) is 0 Å². The van der Waals surface area contributed by atoms with Gasteiger partial charge in [-0.25, -0.2) is 0 Å². The van der Waals surface area contributed by atoms with Crippen molar-refractivity contribution in [2.24, 2.45) is 17.6 Å². The first-order valence-corrected chi connectivity index (χ1v) is 4.61. The Morgan fingerprint density at radius 3 is 2.58 bits per heavy atom. The van der Waals surface area contributed by atoms with Crippen LogP contribution >= 0.6 is 0 Å². The standard InChI is InChI=1S/C9H17NO2/c1-6(9(11)12)7-4-2-3-5-8(7)10/h6-8H,2-5,10H2,1H3,(H,11,12). The van der Waals surface area contributed by atoms with Crippen LogP contribution in [0, 0.1) is 11.8 Å². The van der Waals surface area contributed by atoms with Gasteiger partial charge in [0.2, 0.25) is 0 Å². The molecule has 0 radical (unpaired) electrons. The van der Waals surface area contributed by atoms with Crippen LogP contribution in [0.25, 0.3) is 0 Å². The average molecular weight is 171 g/mol.